The van der Waals surface area contributed by atoms with Gasteiger partial charge in [0.25, 0.3) is 7.82 Å². The van der Waals surface area contributed by atoms with Gasteiger partial charge in [-0.3, -0.25) is 9.36 Å². The average Bonchev–Trinajstić information content (AvgIpc) is 3.55. The number of hydrogen-bond acceptors (Lipinski definition) is 6. The van der Waals surface area contributed by atoms with Crippen LogP contribution >= 0.6 is 7.82 Å². The molecule has 0 heterocycles. The van der Waals surface area contributed by atoms with Gasteiger partial charge < -0.3 is 28.8 Å². The fraction of sp³-hybridized carbons (Fsp3) is 0.887. The molecule has 0 rings (SSSR count). The molecule has 0 aliphatic rings. The molecule has 0 aromatic rings. The number of phosphoric ester groups is 1. The van der Waals surface area contributed by atoms with E-state index >= 15 is 0 Å². The van der Waals surface area contributed by atoms with Crippen LogP contribution in [0.5, 0.6) is 0 Å². The molecule has 526 valence electrons. The molecular formula is C80H155N2O6P. The molecule has 0 aromatic carbocycles. The van der Waals surface area contributed by atoms with E-state index in [1.165, 1.54) is 340 Å². The predicted molar refractivity (Wildman–Crippen MR) is 390 cm³/mol. The molecule has 0 aliphatic heterocycles. The number of amides is 1. The predicted octanol–water partition coefficient (Wildman–Crippen LogP) is 25.1. The van der Waals surface area contributed by atoms with Crippen LogP contribution in [0.25, 0.3) is 0 Å². The van der Waals surface area contributed by atoms with E-state index < -0.39 is 26.6 Å². The van der Waals surface area contributed by atoms with Gasteiger partial charge in [-0.05, 0) is 70.6 Å². The third-order valence-electron chi connectivity index (χ3n) is 18.2. The first kappa shape index (κ1) is 87.5. The topological polar surface area (TPSA) is 108 Å². The molecular weight excluding hydrogens is 1120 g/mol. The van der Waals surface area contributed by atoms with Crippen LogP contribution in [-0.4, -0.2) is 68.5 Å². The lowest BCUT2D eigenvalue weighted by molar-refractivity contribution is -0.870. The Morgan fingerprint density at radius 3 is 0.910 bits per heavy atom. The Kier molecular flexibility index (Phi) is 69.5. The Balaban J connectivity index is 3.97. The van der Waals surface area contributed by atoms with Crippen LogP contribution < -0.4 is 10.2 Å². The summed E-state index contributed by atoms with van der Waals surface area (Å²) in [6.07, 6.45) is 97.2. The first-order valence-electron chi connectivity index (χ1n) is 39.5. The van der Waals surface area contributed by atoms with E-state index in [-0.39, 0.29) is 12.5 Å². The Morgan fingerprint density at radius 2 is 0.629 bits per heavy atom. The second kappa shape index (κ2) is 70.8. The van der Waals surface area contributed by atoms with Gasteiger partial charge in [-0.2, -0.15) is 0 Å². The van der Waals surface area contributed by atoms with Crippen molar-refractivity contribution >= 4 is 13.7 Å². The first-order valence-corrected chi connectivity index (χ1v) is 41.0. The van der Waals surface area contributed by atoms with Crippen molar-refractivity contribution in [2.75, 3.05) is 40.9 Å². The molecule has 3 unspecified atom stereocenters. The molecule has 8 nitrogen and oxygen atoms in total. The molecule has 1 amide bonds. The number of nitrogens with zero attached hydrogens (tertiary/aromatic N) is 1. The lowest BCUT2D eigenvalue weighted by Gasteiger charge is -2.29. The molecule has 0 aromatic heterocycles. The lowest BCUT2D eigenvalue weighted by atomic mass is 10.0. The highest BCUT2D eigenvalue weighted by Gasteiger charge is 2.23. The molecule has 0 spiro atoms. The molecule has 2 N–H and O–H groups in total. The van der Waals surface area contributed by atoms with Crippen LogP contribution in [0.15, 0.2) is 48.6 Å². The van der Waals surface area contributed by atoms with E-state index in [2.05, 4.69) is 55.6 Å². The number of likely N-dealkylation sites (N-methyl/N-ethyl adjacent to an activating group) is 1. The maximum absolute atomic E-state index is 13.1. The van der Waals surface area contributed by atoms with Gasteiger partial charge in [0, 0.05) is 6.42 Å². The average molecular weight is 1270 g/mol. The Bertz CT molecular complexity index is 1590. The smallest absolute Gasteiger partial charge is 0.268 e. The van der Waals surface area contributed by atoms with Gasteiger partial charge in [0.15, 0.2) is 0 Å². The quantitative estimate of drug-likeness (QED) is 0.0272. The maximum atomic E-state index is 13.1. The Hall–Kier alpha value is -1.54. The van der Waals surface area contributed by atoms with Crippen molar-refractivity contribution in [3.05, 3.63) is 48.6 Å². The summed E-state index contributed by atoms with van der Waals surface area (Å²) >= 11 is 0. The number of phosphoric acid groups is 1. The normalized spacial score (nSPS) is 13.7. The lowest BCUT2D eigenvalue weighted by Crippen LogP contribution is -2.45. The minimum atomic E-state index is -4.62. The molecule has 3 atom stereocenters. The molecule has 0 saturated heterocycles. The number of allylic oxidation sites excluding steroid dienone is 7. The van der Waals surface area contributed by atoms with Crippen LogP contribution in [0.4, 0.5) is 0 Å². The summed E-state index contributed by atoms with van der Waals surface area (Å²) in [5, 5.41) is 14.0. The fourth-order valence-electron chi connectivity index (χ4n) is 12.1. The zero-order valence-corrected chi connectivity index (χ0v) is 61.3. The second-order valence-electron chi connectivity index (χ2n) is 28.4. The zero-order valence-electron chi connectivity index (χ0n) is 60.4. The van der Waals surface area contributed by atoms with Crippen LogP contribution in [-0.2, 0) is 18.4 Å². The Morgan fingerprint density at radius 1 is 0.382 bits per heavy atom. The summed E-state index contributed by atoms with van der Waals surface area (Å²) in [5.41, 5.74) is 0. The minimum absolute atomic E-state index is 0.00763. The van der Waals surface area contributed by atoms with Crippen molar-refractivity contribution in [3.63, 3.8) is 0 Å². The summed E-state index contributed by atoms with van der Waals surface area (Å²) in [7, 11) is 1.25. The molecule has 89 heavy (non-hydrogen) atoms. The second-order valence-corrected chi connectivity index (χ2v) is 29.8. The largest absolute Gasteiger partial charge is 0.756 e. The number of aliphatic hydroxyl groups is 1. The van der Waals surface area contributed by atoms with Gasteiger partial charge in [-0.15, -0.1) is 0 Å². The summed E-state index contributed by atoms with van der Waals surface area (Å²) in [5.74, 6) is -0.203. The number of hydrogen-bond donors (Lipinski definition) is 2. The highest BCUT2D eigenvalue weighted by molar-refractivity contribution is 7.45. The van der Waals surface area contributed by atoms with Gasteiger partial charge in [0.2, 0.25) is 5.91 Å². The number of carbonyl (C=O) groups excluding carboxylic acids is 1. The number of quaternary nitrogens is 1. The van der Waals surface area contributed by atoms with Gasteiger partial charge in [0.05, 0.1) is 39.9 Å². The van der Waals surface area contributed by atoms with Crippen LogP contribution in [0.1, 0.15) is 406 Å². The molecule has 0 aliphatic carbocycles. The molecule has 0 fully saturated rings. The van der Waals surface area contributed by atoms with E-state index in [4.69, 9.17) is 9.05 Å². The molecule has 0 radical (unpaired) electrons. The van der Waals surface area contributed by atoms with Crippen molar-refractivity contribution in [1.29, 1.82) is 0 Å². The van der Waals surface area contributed by atoms with E-state index in [1.54, 1.807) is 6.08 Å². The van der Waals surface area contributed by atoms with Gasteiger partial charge in [-0.1, -0.05) is 377 Å². The van der Waals surface area contributed by atoms with E-state index in [0.29, 0.717) is 17.4 Å². The number of aliphatic hydroxyl groups excluding tert-OH is 1. The van der Waals surface area contributed by atoms with Crippen LogP contribution in [0, 0.1) is 0 Å². The van der Waals surface area contributed by atoms with Gasteiger partial charge >= 0.3 is 0 Å². The van der Waals surface area contributed by atoms with Crippen LogP contribution in [0.3, 0.4) is 0 Å². The monoisotopic (exact) mass is 1270 g/mol. The third-order valence-corrected chi connectivity index (χ3v) is 19.2. The number of unbranched alkanes of at least 4 members (excludes halogenated alkanes) is 55. The van der Waals surface area contributed by atoms with Crippen molar-refractivity contribution in [1.82, 2.24) is 5.32 Å². The van der Waals surface area contributed by atoms with Gasteiger partial charge in [-0.25, -0.2) is 0 Å². The third kappa shape index (κ3) is 73.7. The molecule has 9 heteroatoms. The van der Waals surface area contributed by atoms with E-state index in [1.807, 2.05) is 27.2 Å². The number of carbonyl (C=O) groups is 1. The number of rotatable bonds is 74. The zero-order chi connectivity index (χ0) is 64.8. The maximum Gasteiger partial charge on any atom is 0.268 e. The highest BCUT2D eigenvalue weighted by atomic mass is 31.2. The highest BCUT2D eigenvalue weighted by Crippen LogP contribution is 2.38. The SMILES string of the molecule is CCCCCCCCCC/C=C\CCCCCCCCCCCCCCCCCCCCCCCCCCCCCC(=O)NC(COP(=O)([O-])OCC[N+](C)(C)C)C(O)/C=C/CC/C=C/CC/C=C/CCCCCCCCCCCCCCCCCCCC. The fourth-order valence-corrected chi connectivity index (χ4v) is 12.9. The van der Waals surface area contributed by atoms with Crippen molar-refractivity contribution in [2.24, 2.45) is 0 Å². The molecule has 0 saturated carbocycles. The number of nitrogens with one attached hydrogen (secondary N) is 1. The van der Waals surface area contributed by atoms with E-state index in [9.17, 15) is 19.4 Å². The summed E-state index contributed by atoms with van der Waals surface area (Å²) in [6.45, 7) is 4.68. The van der Waals surface area contributed by atoms with Crippen molar-refractivity contribution < 1.29 is 32.9 Å². The summed E-state index contributed by atoms with van der Waals surface area (Å²) < 4.78 is 23.5. The van der Waals surface area contributed by atoms with E-state index in [0.717, 1.165) is 44.9 Å². The minimum Gasteiger partial charge on any atom is -0.756 e. The van der Waals surface area contributed by atoms with Crippen LogP contribution in [0.2, 0.25) is 0 Å². The van der Waals surface area contributed by atoms with Crippen molar-refractivity contribution in [3.8, 4) is 0 Å². The Labute approximate surface area is 556 Å². The summed E-state index contributed by atoms with van der Waals surface area (Å²) in [4.78, 5) is 25.7. The molecule has 0 bridgehead atoms. The first-order chi connectivity index (χ1) is 43.5. The van der Waals surface area contributed by atoms with Gasteiger partial charge in [0.1, 0.15) is 13.2 Å². The standard InChI is InChI=1S/C80H155N2O6P/c1-6-8-10-12-14-16-18-20-22-24-26-28-30-32-34-36-37-38-39-40-41-42-43-44-45-46-48-50-52-54-56-58-60-62-64-66-68-70-72-74-80(84)81-78(77-88-89(85,86)87-76-75-82(3,4)5)79(83)73-71-69-67-65-63-61-59-57-55-53-51-49-47-35-33-31-29-27-25-23-21-19-17-15-13-11-9-7-2/h24,26,55,57,63,65,71,73,78-79,83H,6-23,25,27-54,56,58-62,64,66-70,72,74-77H2,1-5H3,(H-,81,84,85,86)/b26-24-,57-55+,65-63+,73-71+. The van der Waals surface area contributed by atoms with Crippen molar-refractivity contribution in [2.45, 2.75) is 418 Å². The summed E-state index contributed by atoms with van der Waals surface area (Å²) in [6, 6.07) is -0.911.